The van der Waals surface area contributed by atoms with Gasteiger partial charge in [-0.15, -0.1) is 0 Å². The molecule has 0 spiro atoms. The molecule has 6 heteroatoms. The summed E-state index contributed by atoms with van der Waals surface area (Å²) in [6.07, 6.45) is 3.13. The van der Waals surface area contributed by atoms with Crippen LogP contribution in [0, 0.1) is 11.8 Å². The number of carboxylic acid groups (broad SMARTS) is 1. The van der Waals surface area contributed by atoms with Gasteiger partial charge in [-0.2, -0.15) is 11.8 Å². The van der Waals surface area contributed by atoms with Crippen LogP contribution in [-0.2, 0) is 4.79 Å². The summed E-state index contributed by atoms with van der Waals surface area (Å²) in [5.74, 6) is -0.269. The molecule has 1 saturated carbocycles. The third-order valence-electron chi connectivity index (χ3n) is 5.08. The van der Waals surface area contributed by atoms with Crippen LogP contribution in [0.3, 0.4) is 0 Å². The summed E-state index contributed by atoms with van der Waals surface area (Å²) in [5.41, 5.74) is 0. The van der Waals surface area contributed by atoms with E-state index in [1.165, 1.54) is 0 Å². The summed E-state index contributed by atoms with van der Waals surface area (Å²) >= 11 is 1.90. The Morgan fingerprint density at radius 1 is 1.10 bits per heavy atom. The second-order valence-electron chi connectivity index (χ2n) is 6.74. The molecule has 1 N–H and O–H groups in total. The second kappa shape index (κ2) is 5.71. The number of aliphatic carboxylic acids is 1. The Bertz CT molecular complexity index is 435. The molecule has 3 aliphatic rings. The highest BCUT2D eigenvalue weighted by molar-refractivity contribution is 8.00. The molecular weight excluding hydrogens is 288 g/mol. The van der Waals surface area contributed by atoms with Crippen LogP contribution in [0.15, 0.2) is 0 Å². The Kier molecular flexibility index (Phi) is 4.08. The van der Waals surface area contributed by atoms with E-state index in [-0.39, 0.29) is 11.9 Å². The van der Waals surface area contributed by atoms with E-state index >= 15 is 0 Å². The highest BCUT2D eigenvalue weighted by atomic mass is 32.2. The number of hydrogen-bond acceptors (Lipinski definition) is 3. The summed E-state index contributed by atoms with van der Waals surface area (Å²) in [5, 5.41) is 10.4. The van der Waals surface area contributed by atoms with Crippen molar-refractivity contribution in [1.82, 2.24) is 9.80 Å². The maximum absolute atomic E-state index is 12.8. The summed E-state index contributed by atoms with van der Waals surface area (Å²) in [7, 11) is 0. The maximum atomic E-state index is 12.8. The Labute approximate surface area is 130 Å². The monoisotopic (exact) mass is 312 g/mol. The number of hydrogen-bond donors (Lipinski definition) is 1. The first-order valence-electron chi connectivity index (χ1n) is 7.91. The molecule has 3 fully saturated rings. The molecular formula is C15H24N2O3S. The fourth-order valence-electron chi connectivity index (χ4n) is 4.33. The lowest BCUT2D eigenvalue weighted by Crippen LogP contribution is -2.53. The molecule has 21 heavy (non-hydrogen) atoms. The minimum absolute atomic E-state index is 0.0594. The molecule has 2 amide bonds. The average Bonchev–Trinajstić information content (AvgIpc) is 2.95. The molecule has 5 atom stereocenters. The summed E-state index contributed by atoms with van der Waals surface area (Å²) in [6.45, 7) is 6.35. The normalized spacial score (nSPS) is 39.4. The van der Waals surface area contributed by atoms with E-state index in [1.807, 2.05) is 16.7 Å². The van der Waals surface area contributed by atoms with E-state index in [9.17, 15) is 14.7 Å². The molecule has 5 unspecified atom stereocenters. The van der Waals surface area contributed by atoms with Crippen LogP contribution in [0.1, 0.15) is 33.1 Å². The van der Waals surface area contributed by atoms with Crippen molar-refractivity contribution in [2.75, 3.05) is 19.6 Å². The predicted molar refractivity (Wildman–Crippen MR) is 82.4 cm³/mol. The topological polar surface area (TPSA) is 60.9 Å². The zero-order chi connectivity index (χ0) is 15.1. The summed E-state index contributed by atoms with van der Waals surface area (Å²) in [4.78, 5) is 28.0. The fourth-order valence-corrected chi connectivity index (χ4v) is 5.66. The first-order chi connectivity index (χ1) is 9.97. The lowest BCUT2D eigenvalue weighted by molar-refractivity contribution is -0.142. The van der Waals surface area contributed by atoms with Crippen molar-refractivity contribution in [3.8, 4) is 0 Å². The number of thioether (sulfide) groups is 1. The quantitative estimate of drug-likeness (QED) is 0.805. The van der Waals surface area contributed by atoms with Crippen LogP contribution >= 0.6 is 11.8 Å². The minimum atomic E-state index is -0.828. The van der Waals surface area contributed by atoms with Gasteiger partial charge in [-0.25, -0.2) is 9.59 Å². The zero-order valence-electron chi connectivity index (χ0n) is 12.7. The predicted octanol–water partition coefficient (Wildman–Crippen LogP) is 2.12. The van der Waals surface area contributed by atoms with Crippen molar-refractivity contribution in [3.63, 3.8) is 0 Å². The van der Waals surface area contributed by atoms with Crippen molar-refractivity contribution in [2.24, 2.45) is 11.8 Å². The minimum Gasteiger partial charge on any atom is -0.480 e. The van der Waals surface area contributed by atoms with Gasteiger partial charge in [0.15, 0.2) is 0 Å². The van der Waals surface area contributed by atoms with Crippen molar-refractivity contribution < 1.29 is 14.7 Å². The molecule has 2 heterocycles. The Morgan fingerprint density at radius 3 is 2.38 bits per heavy atom. The van der Waals surface area contributed by atoms with Gasteiger partial charge in [-0.1, -0.05) is 20.3 Å². The third-order valence-corrected chi connectivity index (χ3v) is 6.31. The molecule has 5 nitrogen and oxygen atoms in total. The van der Waals surface area contributed by atoms with Gasteiger partial charge in [-0.05, 0) is 24.7 Å². The van der Waals surface area contributed by atoms with E-state index in [2.05, 4.69) is 13.8 Å². The number of urea groups is 1. The average molecular weight is 312 g/mol. The molecule has 0 radical (unpaired) electrons. The Hall–Kier alpha value is -0.910. The molecule has 2 aliphatic heterocycles. The number of amides is 2. The molecule has 3 rings (SSSR count). The van der Waals surface area contributed by atoms with E-state index in [0.29, 0.717) is 23.0 Å². The Balaban J connectivity index is 1.75. The van der Waals surface area contributed by atoms with Crippen LogP contribution in [0.4, 0.5) is 4.79 Å². The van der Waals surface area contributed by atoms with Crippen molar-refractivity contribution in [3.05, 3.63) is 0 Å². The van der Waals surface area contributed by atoms with Gasteiger partial charge in [0.2, 0.25) is 0 Å². The first-order valence-corrected chi connectivity index (χ1v) is 8.85. The van der Waals surface area contributed by atoms with Gasteiger partial charge >= 0.3 is 12.0 Å². The molecule has 2 saturated heterocycles. The van der Waals surface area contributed by atoms with Gasteiger partial charge in [0.05, 0.1) is 0 Å². The molecule has 0 aromatic heterocycles. The second-order valence-corrected chi connectivity index (χ2v) is 8.62. The maximum Gasteiger partial charge on any atom is 0.326 e. The number of nitrogens with zero attached hydrogens (tertiary/aromatic N) is 2. The number of rotatable bonds is 1. The number of fused-ring (bicyclic) bond motifs is 1. The summed E-state index contributed by atoms with van der Waals surface area (Å²) in [6, 6.07) is -0.666. The van der Waals surface area contributed by atoms with E-state index in [4.69, 9.17) is 0 Å². The van der Waals surface area contributed by atoms with Crippen LogP contribution < -0.4 is 0 Å². The van der Waals surface area contributed by atoms with Gasteiger partial charge in [0.1, 0.15) is 6.04 Å². The molecule has 0 aromatic rings. The lowest BCUT2D eigenvalue weighted by Gasteiger charge is -2.38. The number of carbonyl (C=O) groups is 2. The van der Waals surface area contributed by atoms with E-state index in [1.54, 1.807) is 4.90 Å². The number of carbonyl (C=O) groups excluding carboxylic acids is 1. The molecule has 0 bridgehead atoms. The van der Waals surface area contributed by atoms with Gasteiger partial charge in [0, 0.05) is 30.1 Å². The fraction of sp³-hybridized carbons (Fsp3) is 0.867. The lowest BCUT2D eigenvalue weighted by atomic mass is 9.94. The standard InChI is InChI=1S/C15H24N2O3S/c1-9-6-16(7-10(2)21-9)15(20)17-8-11-4-3-5-12(11)13(17)14(18)19/h9-13H,3-8H2,1-2H3,(H,18,19). The van der Waals surface area contributed by atoms with Crippen LogP contribution in [0.5, 0.6) is 0 Å². The Morgan fingerprint density at radius 2 is 1.76 bits per heavy atom. The van der Waals surface area contributed by atoms with Gasteiger partial charge < -0.3 is 14.9 Å². The highest BCUT2D eigenvalue weighted by Gasteiger charge is 2.50. The van der Waals surface area contributed by atoms with Gasteiger partial charge in [0.25, 0.3) is 0 Å². The van der Waals surface area contributed by atoms with E-state index in [0.717, 1.165) is 32.4 Å². The van der Waals surface area contributed by atoms with Crippen molar-refractivity contribution in [2.45, 2.75) is 49.7 Å². The van der Waals surface area contributed by atoms with Crippen LogP contribution in [-0.4, -0.2) is 63.1 Å². The first kappa shape index (κ1) is 15.0. The third kappa shape index (κ3) is 2.74. The SMILES string of the molecule is CC1CN(C(=O)N2CC3CCCC3C2C(=O)O)CC(C)S1. The highest BCUT2D eigenvalue weighted by Crippen LogP contribution is 2.42. The molecule has 0 aromatic carbocycles. The largest absolute Gasteiger partial charge is 0.480 e. The number of carboxylic acids is 1. The molecule has 118 valence electrons. The zero-order valence-corrected chi connectivity index (χ0v) is 13.5. The van der Waals surface area contributed by atoms with Crippen LogP contribution in [0.2, 0.25) is 0 Å². The van der Waals surface area contributed by atoms with Crippen molar-refractivity contribution in [1.29, 1.82) is 0 Å². The van der Waals surface area contributed by atoms with Crippen molar-refractivity contribution >= 4 is 23.8 Å². The molecule has 1 aliphatic carbocycles. The van der Waals surface area contributed by atoms with E-state index < -0.39 is 12.0 Å². The smallest absolute Gasteiger partial charge is 0.326 e. The van der Waals surface area contributed by atoms with Crippen LogP contribution in [0.25, 0.3) is 0 Å². The summed E-state index contributed by atoms with van der Waals surface area (Å²) < 4.78 is 0. The number of likely N-dealkylation sites (tertiary alicyclic amines) is 1. The van der Waals surface area contributed by atoms with Gasteiger partial charge in [-0.3, -0.25) is 0 Å².